The molecule has 0 saturated carbocycles. The Labute approximate surface area is 119 Å². The number of ether oxygens (including phenoxy) is 2. The van der Waals surface area contributed by atoms with Gasteiger partial charge in [-0.15, -0.1) is 0 Å². The molecular formula is C15H21N3O2. The third-order valence-corrected chi connectivity index (χ3v) is 3.31. The van der Waals surface area contributed by atoms with Crippen molar-refractivity contribution in [3.63, 3.8) is 0 Å². The molecule has 0 atom stereocenters. The number of nitrogens with two attached hydrogens (primary N) is 1. The van der Waals surface area contributed by atoms with Gasteiger partial charge in [0.15, 0.2) is 0 Å². The van der Waals surface area contributed by atoms with Crippen LogP contribution in [0.3, 0.4) is 0 Å². The summed E-state index contributed by atoms with van der Waals surface area (Å²) in [6.07, 6.45) is 3.58. The second-order valence-corrected chi connectivity index (χ2v) is 4.57. The Morgan fingerprint density at radius 2 is 1.80 bits per heavy atom. The molecule has 1 heterocycles. The smallest absolute Gasteiger partial charge is 0.0637 e. The van der Waals surface area contributed by atoms with Gasteiger partial charge in [0.1, 0.15) is 0 Å². The van der Waals surface area contributed by atoms with E-state index in [9.17, 15) is 0 Å². The quantitative estimate of drug-likeness (QED) is 0.782. The van der Waals surface area contributed by atoms with Gasteiger partial charge < -0.3 is 20.1 Å². The highest BCUT2D eigenvalue weighted by atomic mass is 16.5. The lowest BCUT2D eigenvalue weighted by Gasteiger charge is -2.26. The zero-order valence-corrected chi connectivity index (χ0v) is 12.0. The number of fused-ring (bicyclic) bond motifs is 1. The average molecular weight is 275 g/mol. The number of aromatic nitrogens is 1. The summed E-state index contributed by atoms with van der Waals surface area (Å²) in [5, 5.41) is 2.07. The Kier molecular flexibility index (Phi) is 5.15. The minimum Gasteiger partial charge on any atom is -0.397 e. The molecule has 1 aromatic heterocycles. The van der Waals surface area contributed by atoms with Gasteiger partial charge in [-0.05, 0) is 12.1 Å². The van der Waals surface area contributed by atoms with Gasteiger partial charge in [0.25, 0.3) is 0 Å². The second-order valence-electron chi connectivity index (χ2n) is 4.57. The summed E-state index contributed by atoms with van der Waals surface area (Å²) in [4.78, 5) is 6.30. The number of hydrogen-bond donors (Lipinski definition) is 1. The lowest BCUT2D eigenvalue weighted by Crippen LogP contribution is -2.31. The van der Waals surface area contributed by atoms with Crippen LogP contribution in [0.2, 0.25) is 0 Å². The van der Waals surface area contributed by atoms with E-state index in [1.165, 1.54) is 0 Å². The number of nitrogens with zero attached hydrogens (tertiary/aromatic N) is 2. The van der Waals surface area contributed by atoms with Crippen molar-refractivity contribution in [3.05, 3.63) is 30.6 Å². The molecule has 2 N–H and O–H groups in total. The fourth-order valence-corrected chi connectivity index (χ4v) is 2.21. The lowest BCUT2D eigenvalue weighted by molar-refractivity contribution is 0.190. The van der Waals surface area contributed by atoms with Crippen molar-refractivity contribution >= 4 is 22.1 Å². The largest absolute Gasteiger partial charge is 0.397 e. The van der Waals surface area contributed by atoms with Crippen LogP contribution in [0.1, 0.15) is 0 Å². The van der Waals surface area contributed by atoms with Crippen LogP contribution in [0.25, 0.3) is 10.8 Å². The van der Waals surface area contributed by atoms with Crippen LogP contribution in [0.4, 0.5) is 11.4 Å². The summed E-state index contributed by atoms with van der Waals surface area (Å²) in [5.74, 6) is 0. The predicted molar refractivity (Wildman–Crippen MR) is 82.1 cm³/mol. The number of rotatable bonds is 7. The Morgan fingerprint density at radius 3 is 2.45 bits per heavy atom. The molecule has 0 aliphatic rings. The maximum atomic E-state index is 6.31. The zero-order chi connectivity index (χ0) is 14.4. The molecule has 2 aromatic rings. The van der Waals surface area contributed by atoms with E-state index in [2.05, 4.69) is 9.88 Å². The highest BCUT2D eigenvalue weighted by Crippen LogP contribution is 2.30. The third-order valence-electron chi connectivity index (χ3n) is 3.31. The molecule has 1 aromatic carbocycles. The average Bonchev–Trinajstić information content (AvgIpc) is 2.49. The summed E-state index contributed by atoms with van der Waals surface area (Å²) in [5.41, 5.74) is 8.10. The van der Waals surface area contributed by atoms with Gasteiger partial charge >= 0.3 is 0 Å². The third kappa shape index (κ3) is 3.18. The fourth-order valence-electron chi connectivity index (χ4n) is 2.21. The Hall–Kier alpha value is -1.85. The molecule has 20 heavy (non-hydrogen) atoms. The van der Waals surface area contributed by atoms with Crippen molar-refractivity contribution in [3.8, 4) is 0 Å². The van der Waals surface area contributed by atoms with E-state index in [-0.39, 0.29) is 0 Å². The predicted octanol–water partition coefficient (Wildman–Crippen LogP) is 1.92. The maximum absolute atomic E-state index is 6.31. The van der Waals surface area contributed by atoms with E-state index in [4.69, 9.17) is 15.2 Å². The maximum Gasteiger partial charge on any atom is 0.0637 e. The molecule has 5 heteroatoms. The standard InChI is InChI=1S/C15H21N3O2/c1-19-9-7-18(8-10-20-2)14-4-3-12-11-17-6-5-13(12)15(14)16/h3-6,11H,7-10,16H2,1-2H3. The Balaban J connectivity index is 2.33. The van der Waals surface area contributed by atoms with Gasteiger partial charge in [-0.2, -0.15) is 0 Å². The van der Waals surface area contributed by atoms with Crippen LogP contribution in [0.15, 0.2) is 30.6 Å². The molecule has 2 rings (SSSR count). The van der Waals surface area contributed by atoms with Gasteiger partial charge in [-0.1, -0.05) is 6.07 Å². The molecule has 0 aliphatic heterocycles. The number of pyridine rings is 1. The Morgan fingerprint density at radius 1 is 1.10 bits per heavy atom. The van der Waals surface area contributed by atoms with E-state index >= 15 is 0 Å². The summed E-state index contributed by atoms with van der Waals surface area (Å²) < 4.78 is 10.3. The molecule has 0 unspecified atom stereocenters. The molecule has 0 aliphatic carbocycles. The van der Waals surface area contributed by atoms with Crippen LogP contribution < -0.4 is 10.6 Å². The van der Waals surface area contributed by atoms with Gasteiger partial charge in [-0.3, -0.25) is 4.98 Å². The first-order valence-corrected chi connectivity index (χ1v) is 6.63. The van der Waals surface area contributed by atoms with Crippen molar-refractivity contribution in [1.82, 2.24) is 4.98 Å². The van der Waals surface area contributed by atoms with E-state index in [0.717, 1.165) is 35.2 Å². The van der Waals surface area contributed by atoms with Crippen molar-refractivity contribution in [2.75, 3.05) is 51.2 Å². The highest BCUT2D eigenvalue weighted by Gasteiger charge is 2.12. The van der Waals surface area contributed by atoms with Gasteiger partial charge in [0, 0.05) is 50.5 Å². The first-order valence-electron chi connectivity index (χ1n) is 6.63. The van der Waals surface area contributed by atoms with E-state index < -0.39 is 0 Å². The zero-order valence-electron chi connectivity index (χ0n) is 12.0. The molecule has 0 amide bonds. The summed E-state index contributed by atoms with van der Waals surface area (Å²) in [6.45, 7) is 2.86. The van der Waals surface area contributed by atoms with Crippen LogP contribution in [0, 0.1) is 0 Å². The number of hydrogen-bond acceptors (Lipinski definition) is 5. The number of nitrogen functional groups attached to an aromatic ring is 1. The van der Waals surface area contributed by atoms with Gasteiger partial charge in [-0.25, -0.2) is 0 Å². The number of benzene rings is 1. The van der Waals surface area contributed by atoms with Crippen molar-refractivity contribution in [2.24, 2.45) is 0 Å². The summed E-state index contributed by atoms with van der Waals surface area (Å²) >= 11 is 0. The molecular weight excluding hydrogens is 254 g/mol. The van der Waals surface area contributed by atoms with Crippen molar-refractivity contribution in [1.29, 1.82) is 0 Å². The van der Waals surface area contributed by atoms with Crippen molar-refractivity contribution < 1.29 is 9.47 Å². The topological polar surface area (TPSA) is 60.6 Å². The van der Waals surface area contributed by atoms with Gasteiger partial charge in [0.2, 0.25) is 0 Å². The Bertz CT molecular complexity index is 552. The van der Waals surface area contributed by atoms with E-state index in [1.807, 2.05) is 24.4 Å². The normalized spacial score (nSPS) is 10.9. The van der Waals surface area contributed by atoms with E-state index in [0.29, 0.717) is 13.2 Å². The molecule has 108 valence electrons. The van der Waals surface area contributed by atoms with Crippen LogP contribution in [0.5, 0.6) is 0 Å². The monoisotopic (exact) mass is 275 g/mol. The summed E-state index contributed by atoms with van der Waals surface area (Å²) in [7, 11) is 3.40. The summed E-state index contributed by atoms with van der Waals surface area (Å²) in [6, 6.07) is 6.02. The molecule has 0 radical (unpaired) electrons. The lowest BCUT2D eigenvalue weighted by atomic mass is 10.1. The minimum absolute atomic E-state index is 0.650. The second kappa shape index (κ2) is 7.07. The molecule has 0 fully saturated rings. The van der Waals surface area contributed by atoms with E-state index in [1.54, 1.807) is 20.4 Å². The first kappa shape index (κ1) is 14.6. The molecule has 0 saturated heterocycles. The SMILES string of the molecule is COCCN(CCOC)c1ccc2cnccc2c1N. The highest BCUT2D eigenvalue weighted by molar-refractivity contribution is 5.98. The van der Waals surface area contributed by atoms with Crippen molar-refractivity contribution in [2.45, 2.75) is 0 Å². The van der Waals surface area contributed by atoms with Gasteiger partial charge in [0.05, 0.1) is 24.6 Å². The van der Waals surface area contributed by atoms with Crippen LogP contribution >= 0.6 is 0 Å². The molecule has 5 nitrogen and oxygen atoms in total. The van der Waals surface area contributed by atoms with Crippen LogP contribution in [-0.2, 0) is 9.47 Å². The minimum atomic E-state index is 0.650. The molecule has 0 spiro atoms. The fraction of sp³-hybridized carbons (Fsp3) is 0.400. The first-order chi connectivity index (χ1) is 9.77. The number of methoxy groups -OCH3 is 2. The van der Waals surface area contributed by atoms with Crippen LogP contribution in [-0.4, -0.2) is 45.5 Å². The molecule has 0 bridgehead atoms. The number of anilines is 2.